The van der Waals surface area contributed by atoms with Crippen LogP contribution in [0.15, 0.2) is 87.3 Å². The summed E-state index contributed by atoms with van der Waals surface area (Å²) < 4.78 is 39.3. The molecule has 10 heteroatoms. The molecule has 3 aromatic rings. The van der Waals surface area contributed by atoms with Crippen LogP contribution in [0.5, 0.6) is 11.5 Å². The topological polar surface area (TPSA) is 97.3 Å². The van der Waals surface area contributed by atoms with Gasteiger partial charge in [0, 0.05) is 10.0 Å². The molecule has 1 N–H and O–H groups in total. The van der Waals surface area contributed by atoms with Crippen LogP contribution in [0.3, 0.4) is 0 Å². The number of carbonyl (C=O) groups is 1. The first-order chi connectivity index (χ1) is 16.3. The minimum absolute atomic E-state index is 0.0686. The average Bonchev–Trinajstić information content (AvgIpc) is 2.84. The molecule has 0 bridgehead atoms. The largest absolute Gasteiger partial charge is 0.496 e. The van der Waals surface area contributed by atoms with E-state index in [4.69, 9.17) is 9.47 Å². The molecule has 0 aliphatic heterocycles. The lowest BCUT2D eigenvalue weighted by Gasteiger charge is -2.24. The number of amides is 1. The van der Waals surface area contributed by atoms with Gasteiger partial charge in [0.1, 0.15) is 18.0 Å². The van der Waals surface area contributed by atoms with Gasteiger partial charge in [-0.2, -0.15) is 5.10 Å². The smallest absolute Gasteiger partial charge is 0.264 e. The molecule has 0 spiro atoms. The summed E-state index contributed by atoms with van der Waals surface area (Å²) in [5.74, 6) is 0.558. The zero-order valence-electron chi connectivity index (χ0n) is 18.6. The summed E-state index contributed by atoms with van der Waals surface area (Å²) in [6.07, 6.45) is 1.43. The second-order valence-electron chi connectivity index (χ2n) is 6.93. The number of hydrogen-bond acceptors (Lipinski definition) is 6. The van der Waals surface area contributed by atoms with Crippen LogP contribution in [0.2, 0.25) is 0 Å². The lowest BCUT2D eigenvalue weighted by atomic mass is 10.2. The van der Waals surface area contributed by atoms with Gasteiger partial charge in [0.05, 0.1) is 30.5 Å². The summed E-state index contributed by atoms with van der Waals surface area (Å²) in [6.45, 7) is 1.86. The predicted octanol–water partition coefficient (Wildman–Crippen LogP) is 4.20. The highest BCUT2D eigenvalue weighted by Gasteiger charge is 2.27. The number of methoxy groups -OCH3 is 1. The minimum atomic E-state index is -4.01. The lowest BCUT2D eigenvalue weighted by Crippen LogP contribution is -2.39. The van der Waals surface area contributed by atoms with Crippen LogP contribution >= 0.6 is 15.9 Å². The van der Waals surface area contributed by atoms with Gasteiger partial charge in [0.15, 0.2) is 0 Å². The van der Waals surface area contributed by atoms with Crippen LogP contribution < -0.4 is 19.2 Å². The maximum absolute atomic E-state index is 13.3. The Hall–Kier alpha value is -3.37. The molecule has 0 aliphatic carbocycles. The van der Waals surface area contributed by atoms with Crippen molar-refractivity contribution in [3.8, 4) is 11.5 Å². The first kappa shape index (κ1) is 25.3. The van der Waals surface area contributed by atoms with E-state index in [-0.39, 0.29) is 4.90 Å². The number of nitrogens with one attached hydrogen (secondary N) is 1. The Labute approximate surface area is 207 Å². The number of carbonyl (C=O) groups excluding carboxylic acids is 1. The summed E-state index contributed by atoms with van der Waals surface area (Å²) in [5, 5.41) is 3.96. The molecule has 1 amide bonds. The number of nitrogens with zero attached hydrogens (tertiary/aromatic N) is 2. The molecule has 8 nitrogen and oxygen atoms in total. The molecule has 3 rings (SSSR count). The number of ether oxygens (including phenoxy) is 2. The van der Waals surface area contributed by atoms with Crippen molar-refractivity contribution in [3.05, 3.63) is 82.8 Å². The molecule has 178 valence electrons. The summed E-state index contributed by atoms with van der Waals surface area (Å²) in [5.41, 5.74) is 3.34. The SMILES string of the molecule is CCOc1ccc(N(CC(=O)N/N=C\c2cc(Br)ccc2OC)S(=O)(=O)c2ccccc2)cc1. The Kier molecular flexibility index (Phi) is 8.67. The lowest BCUT2D eigenvalue weighted by molar-refractivity contribution is -0.119. The Morgan fingerprint density at radius 3 is 2.44 bits per heavy atom. The van der Waals surface area contributed by atoms with Gasteiger partial charge in [-0.1, -0.05) is 34.1 Å². The van der Waals surface area contributed by atoms with E-state index < -0.39 is 22.5 Å². The van der Waals surface area contributed by atoms with Crippen LogP contribution in [-0.4, -0.2) is 40.8 Å². The molecule has 3 aromatic carbocycles. The van der Waals surface area contributed by atoms with Crippen molar-refractivity contribution in [3.63, 3.8) is 0 Å². The molecule has 0 atom stereocenters. The average molecular weight is 546 g/mol. The molecule has 0 radical (unpaired) electrons. The van der Waals surface area contributed by atoms with E-state index in [0.717, 1.165) is 8.78 Å². The molecule has 0 heterocycles. The third-order valence-corrected chi connectivity index (χ3v) is 6.92. The number of halogens is 1. The van der Waals surface area contributed by atoms with Crippen LogP contribution in [0, 0.1) is 0 Å². The fraction of sp³-hybridized carbons (Fsp3) is 0.167. The van der Waals surface area contributed by atoms with E-state index in [1.165, 1.54) is 25.5 Å². The van der Waals surface area contributed by atoms with E-state index in [0.29, 0.717) is 29.4 Å². The molecular weight excluding hydrogens is 522 g/mol. The van der Waals surface area contributed by atoms with Gasteiger partial charge < -0.3 is 9.47 Å². The standard InChI is InChI=1S/C24H24BrN3O5S/c1-3-33-21-12-10-20(11-13-21)28(34(30,31)22-7-5-4-6-8-22)17-24(29)27-26-16-18-15-19(25)9-14-23(18)32-2/h4-16H,3,17H2,1-2H3,(H,27,29)/b26-16-. The van der Waals surface area contributed by atoms with Crippen molar-refractivity contribution >= 4 is 43.8 Å². The highest BCUT2D eigenvalue weighted by Crippen LogP contribution is 2.26. The van der Waals surface area contributed by atoms with Crippen LogP contribution in [0.4, 0.5) is 5.69 Å². The van der Waals surface area contributed by atoms with Crippen LogP contribution in [0.1, 0.15) is 12.5 Å². The zero-order chi connectivity index (χ0) is 24.6. The van der Waals surface area contributed by atoms with Gasteiger partial charge in [-0.05, 0) is 61.5 Å². The third kappa shape index (κ3) is 6.36. The minimum Gasteiger partial charge on any atom is -0.496 e. The Morgan fingerprint density at radius 2 is 1.79 bits per heavy atom. The maximum Gasteiger partial charge on any atom is 0.264 e. The maximum atomic E-state index is 13.3. The van der Waals surface area contributed by atoms with Gasteiger partial charge >= 0.3 is 0 Å². The first-order valence-electron chi connectivity index (χ1n) is 10.3. The van der Waals surface area contributed by atoms with Gasteiger partial charge in [-0.25, -0.2) is 13.8 Å². The third-order valence-electron chi connectivity index (χ3n) is 4.64. The molecule has 0 saturated carbocycles. The molecule has 0 aromatic heterocycles. The van der Waals surface area contributed by atoms with E-state index in [9.17, 15) is 13.2 Å². The second-order valence-corrected chi connectivity index (χ2v) is 9.71. The van der Waals surface area contributed by atoms with Gasteiger partial charge in [-0.15, -0.1) is 0 Å². The molecular formula is C24H24BrN3O5S. The van der Waals surface area contributed by atoms with Gasteiger partial charge in [-0.3, -0.25) is 9.10 Å². The first-order valence-corrected chi connectivity index (χ1v) is 12.5. The fourth-order valence-corrected chi connectivity index (χ4v) is 4.88. The van der Waals surface area contributed by atoms with Crippen LogP contribution in [0.25, 0.3) is 0 Å². The number of sulfonamides is 1. The number of rotatable bonds is 10. The zero-order valence-corrected chi connectivity index (χ0v) is 21.0. The summed E-state index contributed by atoms with van der Waals surface area (Å²) >= 11 is 3.38. The highest BCUT2D eigenvalue weighted by molar-refractivity contribution is 9.10. The van der Waals surface area contributed by atoms with E-state index in [2.05, 4.69) is 26.5 Å². The number of anilines is 1. The number of hydrogen-bond donors (Lipinski definition) is 1. The summed E-state index contributed by atoms with van der Waals surface area (Å²) in [6, 6.07) is 19.8. The molecule has 0 fully saturated rings. The predicted molar refractivity (Wildman–Crippen MR) is 135 cm³/mol. The molecule has 0 aliphatic rings. The monoisotopic (exact) mass is 545 g/mol. The van der Waals surface area contributed by atoms with Crippen molar-refractivity contribution in [2.45, 2.75) is 11.8 Å². The van der Waals surface area contributed by atoms with Crippen molar-refractivity contribution in [1.29, 1.82) is 0 Å². The Bertz CT molecular complexity index is 1250. The van der Waals surface area contributed by atoms with E-state index >= 15 is 0 Å². The summed E-state index contributed by atoms with van der Waals surface area (Å²) in [7, 11) is -2.48. The summed E-state index contributed by atoms with van der Waals surface area (Å²) in [4.78, 5) is 12.8. The highest BCUT2D eigenvalue weighted by atomic mass is 79.9. The van der Waals surface area contributed by atoms with E-state index in [1.54, 1.807) is 54.6 Å². The van der Waals surface area contributed by atoms with Crippen molar-refractivity contribution in [2.75, 3.05) is 24.6 Å². The number of hydrazone groups is 1. The Morgan fingerprint density at radius 1 is 1.09 bits per heavy atom. The second kappa shape index (κ2) is 11.7. The normalized spacial score (nSPS) is 11.3. The van der Waals surface area contributed by atoms with Gasteiger partial charge in [0.25, 0.3) is 15.9 Å². The van der Waals surface area contributed by atoms with E-state index in [1.807, 2.05) is 13.0 Å². The van der Waals surface area contributed by atoms with Gasteiger partial charge in [0.2, 0.25) is 0 Å². The van der Waals surface area contributed by atoms with Crippen LogP contribution in [-0.2, 0) is 14.8 Å². The molecule has 0 saturated heterocycles. The quantitative estimate of drug-likeness (QED) is 0.304. The van der Waals surface area contributed by atoms with Crippen molar-refractivity contribution in [2.24, 2.45) is 5.10 Å². The molecule has 34 heavy (non-hydrogen) atoms. The fourth-order valence-electron chi connectivity index (χ4n) is 3.06. The Balaban J connectivity index is 1.84. The molecule has 0 unspecified atom stereocenters. The number of benzene rings is 3. The van der Waals surface area contributed by atoms with Crippen molar-refractivity contribution < 1.29 is 22.7 Å². The van der Waals surface area contributed by atoms with Crippen molar-refractivity contribution in [1.82, 2.24) is 5.43 Å².